The average molecular weight is 311 g/mol. The van der Waals surface area contributed by atoms with E-state index < -0.39 is 11.8 Å². The molecule has 1 N–H and O–H groups in total. The number of nitrogens with zero attached hydrogens (tertiary/aromatic N) is 1. The Hall–Kier alpha value is -1.65. The van der Waals surface area contributed by atoms with E-state index in [4.69, 9.17) is 4.74 Å². The highest BCUT2D eigenvalue weighted by Crippen LogP contribution is 2.68. The summed E-state index contributed by atoms with van der Waals surface area (Å²) in [4.78, 5) is 15.2. The van der Waals surface area contributed by atoms with Crippen LogP contribution in [0.15, 0.2) is 36.9 Å². The molecule has 4 aliphatic rings. The van der Waals surface area contributed by atoms with Crippen molar-refractivity contribution in [3.63, 3.8) is 0 Å². The number of aliphatic hydroxyl groups excluding tert-OH is 1. The van der Waals surface area contributed by atoms with E-state index in [2.05, 4.69) is 6.58 Å². The molecule has 23 heavy (non-hydrogen) atoms. The highest BCUT2D eigenvalue weighted by molar-refractivity contribution is 6.01. The summed E-state index contributed by atoms with van der Waals surface area (Å²) in [5, 5.41) is 10.5. The Morgan fingerprint density at radius 2 is 2.22 bits per heavy atom. The number of aryl methyl sites for hydroxylation is 1. The molecule has 2 saturated carbocycles. The van der Waals surface area contributed by atoms with Crippen LogP contribution in [0.25, 0.3) is 0 Å². The van der Waals surface area contributed by atoms with Crippen LogP contribution in [0.2, 0.25) is 0 Å². The second kappa shape index (κ2) is 4.25. The van der Waals surface area contributed by atoms with Gasteiger partial charge in [-0.3, -0.25) is 9.69 Å². The summed E-state index contributed by atoms with van der Waals surface area (Å²) in [5.41, 5.74) is 1.35. The molecule has 7 unspecified atom stereocenters. The van der Waals surface area contributed by atoms with Crippen LogP contribution in [0.5, 0.6) is 0 Å². The number of aliphatic hydroxyl groups is 1. The van der Waals surface area contributed by atoms with Crippen LogP contribution in [-0.2, 0) is 9.53 Å². The van der Waals surface area contributed by atoms with Crippen LogP contribution in [0.1, 0.15) is 18.4 Å². The fourth-order valence-corrected chi connectivity index (χ4v) is 5.91. The van der Waals surface area contributed by atoms with Crippen LogP contribution in [-0.4, -0.2) is 28.9 Å². The van der Waals surface area contributed by atoms with Crippen molar-refractivity contribution in [1.29, 1.82) is 0 Å². The lowest BCUT2D eigenvalue weighted by Gasteiger charge is -2.39. The van der Waals surface area contributed by atoms with Crippen molar-refractivity contribution >= 4 is 11.6 Å². The number of hydrogen-bond donors (Lipinski definition) is 1. The summed E-state index contributed by atoms with van der Waals surface area (Å²) in [5.74, 6) is 0.566. The Kier molecular flexibility index (Phi) is 2.54. The summed E-state index contributed by atoms with van der Waals surface area (Å²) in [6, 6.07) is 7.98. The molecule has 2 aliphatic carbocycles. The first-order chi connectivity index (χ1) is 11.1. The maximum absolute atomic E-state index is 13.3. The number of rotatable bonds is 3. The van der Waals surface area contributed by atoms with Gasteiger partial charge in [-0.15, -0.1) is 6.58 Å². The molecule has 7 atom stereocenters. The number of carbonyl (C=O) groups is 1. The summed E-state index contributed by atoms with van der Waals surface area (Å²) in [6.07, 6.45) is 2.77. The van der Waals surface area contributed by atoms with Crippen molar-refractivity contribution in [3.05, 3.63) is 42.5 Å². The number of amides is 1. The average Bonchev–Trinajstić information content (AvgIpc) is 3.18. The number of ether oxygens (including phenoxy) is 1. The van der Waals surface area contributed by atoms with Crippen LogP contribution >= 0.6 is 0 Å². The van der Waals surface area contributed by atoms with Crippen molar-refractivity contribution in [2.75, 3.05) is 4.90 Å². The first kappa shape index (κ1) is 13.8. The van der Waals surface area contributed by atoms with Gasteiger partial charge in [0.05, 0.1) is 18.1 Å². The van der Waals surface area contributed by atoms with Crippen LogP contribution in [0.3, 0.4) is 0 Å². The standard InChI is InChI=1S/C19H21NO3/c1-3-8-19-15-12-9-11(16(21)17(12)23-19)14(15)18(22)20(19)13-7-5-4-6-10(13)2/h3-7,11-12,14-17,21H,1,8-9H2,2H3. The van der Waals surface area contributed by atoms with Gasteiger partial charge in [-0.05, 0) is 36.8 Å². The number of fused-ring (bicyclic) bond motifs is 2. The SMILES string of the molecule is C=CCC12OC3C(O)C4CC3C1C4C(=O)N2c1ccccc1C. The summed E-state index contributed by atoms with van der Waals surface area (Å²) in [6.45, 7) is 5.93. The summed E-state index contributed by atoms with van der Waals surface area (Å²) in [7, 11) is 0. The van der Waals surface area contributed by atoms with Gasteiger partial charge in [0, 0.05) is 18.0 Å². The molecule has 1 aromatic rings. The van der Waals surface area contributed by atoms with Crippen molar-refractivity contribution in [2.45, 2.75) is 37.7 Å². The largest absolute Gasteiger partial charge is 0.390 e. The van der Waals surface area contributed by atoms with Crippen LogP contribution < -0.4 is 4.90 Å². The molecule has 2 bridgehead atoms. The maximum atomic E-state index is 13.3. The van der Waals surface area contributed by atoms with E-state index in [1.165, 1.54) is 0 Å². The zero-order valence-electron chi connectivity index (χ0n) is 13.2. The Balaban J connectivity index is 1.71. The van der Waals surface area contributed by atoms with Crippen LogP contribution in [0.4, 0.5) is 5.69 Å². The molecule has 0 radical (unpaired) electrons. The fourth-order valence-electron chi connectivity index (χ4n) is 5.91. The predicted octanol–water partition coefficient (Wildman–Crippen LogP) is 2.26. The van der Waals surface area contributed by atoms with E-state index in [1.807, 2.05) is 42.2 Å². The number of para-hydroxylation sites is 1. The minimum Gasteiger partial charge on any atom is -0.390 e. The lowest BCUT2D eigenvalue weighted by atomic mass is 9.76. The van der Waals surface area contributed by atoms with Gasteiger partial charge in [-0.25, -0.2) is 0 Å². The molecule has 5 rings (SSSR count). The third kappa shape index (κ3) is 1.38. The van der Waals surface area contributed by atoms with Gasteiger partial charge in [0.25, 0.3) is 0 Å². The van der Waals surface area contributed by atoms with E-state index >= 15 is 0 Å². The van der Waals surface area contributed by atoms with Gasteiger partial charge in [-0.1, -0.05) is 24.3 Å². The van der Waals surface area contributed by atoms with Crippen molar-refractivity contribution in [3.8, 4) is 0 Å². The third-order valence-corrected chi connectivity index (χ3v) is 6.59. The molecule has 0 aromatic heterocycles. The number of hydrogen-bond acceptors (Lipinski definition) is 3. The number of anilines is 1. The quantitative estimate of drug-likeness (QED) is 0.871. The molecule has 2 saturated heterocycles. The van der Waals surface area contributed by atoms with Gasteiger partial charge >= 0.3 is 0 Å². The highest BCUT2D eigenvalue weighted by Gasteiger charge is 2.78. The van der Waals surface area contributed by atoms with Gasteiger partial charge in [0.2, 0.25) is 5.91 Å². The molecule has 2 heterocycles. The Labute approximate surface area is 135 Å². The topological polar surface area (TPSA) is 49.8 Å². The Morgan fingerprint density at radius 1 is 1.43 bits per heavy atom. The fraction of sp³-hybridized carbons (Fsp3) is 0.526. The maximum Gasteiger partial charge on any atom is 0.233 e. The smallest absolute Gasteiger partial charge is 0.233 e. The summed E-state index contributed by atoms with van der Waals surface area (Å²) >= 11 is 0. The summed E-state index contributed by atoms with van der Waals surface area (Å²) < 4.78 is 6.45. The van der Waals surface area contributed by atoms with E-state index in [0.29, 0.717) is 12.3 Å². The van der Waals surface area contributed by atoms with E-state index in [-0.39, 0.29) is 29.8 Å². The lowest BCUT2D eigenvalue weighted by molar-refractivity contribution is -0.132. The zero-order chi connectivity index (χ0) is 15.9. The Bertz CT molecular complexity index is 716. The molecule has 4 fully saturated rings. The van der Waals surface area contributed by atoms with Gasteiger partial charge in [0.1, 0.15) is 0 Å². The van der Waals surface area contributed by atoms with E-state index in [0.717, 1.165) is 17.7 Å². The molecular formula is C19H21NO3. The van der Waals surface area contributed by atoms with Crippen molar-refractivity contribution < 1.29 is 14.6 Å². The normalized spacial score (nSPS) is 46.0. The van der Waals surface area contributed by atoms with Gasteiger partial charge in [-0.2, -0.15) is 0 Å². The van der Waals surface area contributed by atoms with E-state index in [1.54, 1.807) is 0 Å². The van der Waals surface area contributed by atoms with Crippen molar-refractivity contribution in [1.82, 2.24) is 0 Å². The molecule has 4 nitrogen and oxygen atoms in total. The monoisotopic (exact) mass is 311 g/mol. The first-order valence-electron chi connectivity index (χ1n) is 8.46. The van der Waals surface area contributed by atoms with Gasteiger partial charge < -0.3 is 9.84 Å². The molecule has 4 heteroatoms. The molecule has 1 aromatic carbocycles. The second-order valence-corrected chi connectivity index (χ2v) is 7.49. The molecule has 0 spiro atoms. The Morgan fingerprint density at radius 3 is 2.96 bits per heavy atom. The molecule has 2 aliphatic heterocycles. The molecular weight excluding hydrogens is 290 g/mol. The lowest BCUT2D eigenvalue weighted by Crippen LogP contribution is -2.51. The van der Waals surface area contributed by atoms with Crippen molar-refractivity contribution in [2.24, 2.45) is 23.7 Å². The van der Waals surface area contributed by atoms with E-state index in [9.17, 15) is 9.90 Å². The second-order valence-electron chi connectivity index (χ2n) is 7.49. The number of carbonyl (C=O) groups excluding carboxylic acids is 1. The zero-order valence-corrected chi connectivity index (χ0v) is 13.2. The predicted molar refractivity (Wildman–Crippen MR) is 85.7 cm³/mol. The third-order valence-electron chi connectivity index (χ3n) is 6.59. The minimum absolute atomic E-state index is 0.0585. The minimum atomic E-state index is -0.656. The van der Waals surface area contributed by atoms with Gasteiger partial charge in [0.15, 0.2) is 5.72 Å². The number of benzene rings is 1. The first-order valence-corrected chi connectivity index (χ1v) is 8.46. The molecule has 1 amide bonds. The van der Waals surface area contributed by atoms with Crippen LogP contribution in [0, 0.1) is 30.6 Å². The highest BCUT2D eigenvalue weighted by atomic mass is 16.6. The molecule has 120 valence electrons.